The van der Waals surface area contributed by atoms with Gasteiger partial charge in [0.05, 0.1) is 14.2 Å². The zero-order valence-electron chi connectivity index (χ0n) is 12.7. The summed E-state index contributed by atoms with van der Waals surface area (Å²) in [6, 6.07) is 4.11. The third-order valence-corrected chi connectivity index (χ3v) is 3.20. The molecule has 0 aliphatic carbocycles. The fourth-order valence-electron chi connectivity index (χ4n) is 1.95. The summed E-state index contributed by atoms with van der Waals surface area (Å²) < 4.78 is 47.9. The van der Waals surface area contributed by atoms with Crippen LogP contribution >= 0.6 is 0 Å². The molecule has 0 saturated carbocycles. The number of anilines is 1. The molecular weight excluding hydrogens is 319 g/mol. The van der Waals surface area contributed by atoms with Crippen LogP contribution in [0.15, 0.2) is 24.3 Å². The minimum absolute atomic E-state index is 0.215. The van der Waals surface area contributed by atoms with Crippen LogP contribution in [0, 0.1) is 0 Å². The van der Waals surface area contributed by atoms with Gasteiger partial charge in [0, 0.05) is 17.8 Å². The fourth-order valence-corrected chi connectivity index (χ4v) is 1.95. The molecule has 0 spiro atoms. The van der Waals surface area contributed by atoms with E-state index in [9.17, 15) is 27.9 Å². The molecule has 0 radical (unpaired) electrons. The lowest BCUT2D eigenvalue weighted by atomic mass is 9.93. The molecule has 0 saturated heterocycles. The number of rotatable bonds is 4. The number of carbonyl (C=O) groups excluding carboxylic acids is 2. The number of ether oxygens (including phenoxy) is 2. The molecule has 0 aliphatic rings. The van der Waals surface area contributed by atoms with E-state index in [1.807, 2.05) is 0 Å². The number of esters is 1. The first-order chi connectivity index (χ1) is 10.6. The molecule has 1 atom stereocenters. The van der Waals surface area contributed by atoms with Crippen molar-refractivity contribution >= 4 is 17.7 Å². The topological polar surface area (TPSA) is 76.1 Å². The lowest BCUT2D eigenvalue weighted by Crippen LogP contribution is -2.49. The first-order valence-corrected chi connectivity index (χ1v) is 6.47. The highest BCUT2D eigenvalue weighted by atomic mass is 19.4. The monoisotopic (exact) mass is 335 g/mol. The summed E-state index contributed by atoms with van der Waals surface area (Å²) in [6.45, 7) is 1.86. The molecule has 0 fully saturated rings. The highest BCUT2D eigenvalue weighted by Crippen LogP contribution is 2.40. The van der Waals surface area contributed by atoms with Gasteiger partial charge < -0.3 is 14.6 Å². The lowest BCUT2D eigenvalue weighted by molar-refractivity contribution is -0.266. The maximum absolute atomic E-state index is 13.1. The molecule has 9 heteroatoms. The third kappa shape index (κ3) is 3.39. The van der Waals surface area contributed by atoms with Crippen molar-refractivity contribution in [3.63, 3.8) is 0 Å². The minimum Gasteiger partial charge on any atom is -0.466 e. The van der Waals surface area contributed by atoms with Gasteiger partial charge in [-0.25, -0.2) is 9.59 Å². The van der Waals surface area contributed by atoms with E-state index < -0.39 is 29.4 Å². The third-order valence-electron chi connectivity index (χ3n) is 3.20. The Morgan fingerprint density at radius 3 is 2.00 bits per heavy atom. The van der Waals surface area contributed by atoms with Gasteiger partial charge in [0.25, 0.3) is 5.60 Å². The van der Waals surface area contributed by atoms with Crippen molar-refractivity contribution in [3.05, 3.63) is 29.8 Å². The Kier molecular flexibility index (Phi) is 5.60. The van der Waals surface area contributed by atoms with Crippen molar-refractivity contribution in [1.29, 1.82) is 0 Å². The molecule has 1 aromatic carbocycles. The molecule has 0 unspecified atom stereocenters. The number of hydrogen-bond donors (Lipinski definition) is 1. The number of aliphatic hydroxyl groups is 1. The predicted molar refractivity (Wildman–Crippen MR) is 73.8 cm³/mol. The average Bonchev–Trinajstić information content (AvgIpc) is 2.53. The maximum atomic E-state index is 13.1. The zero-order valence-corrected chi connectivity index (χ0v) is 12.7. The second-order valence-electron chi connectivity index (χ2n) is 4.46. The van der Waals surface area contributed by atoms with Gasteiger partial charge in [0.1, 0.15) is 0 Å². The van der Waals surface area contributed by atoms with Crippen molar-refractivity contribution in [2.75, 3.05) is 25.7 Å². The maximum Gasteiger partial charge on any atom is 0.432 e. The molecule has 128 valence electrons. The Bertz CT molecular complexity index is 573. The number of benzene rings is 1. The van der Waals surface area contributed by atoms with Crippen molar-refractivity contribution in [2.45, 2.75) is 18.7 Å². The van der Waals surface area contributed by atoms with Crippen LogP contribution in [0.25, 0.3) is 0 Å². The van der Waals surface area contributed by atoms with Gasteiger partial charge in [-0.3, -0.25) is 4.90 Å². The van der Waals surface area contributed by atoms with Gasteiger partial charge in [0.2, 0.25) is 0 Å². The quantitative estimate of drug-likeness (QED) is 0.854. The number of amides is 1. The molecule has 1 N–H and O–H groups in total. The van der Waals surface area contributed by atoms with E-state index in [1.54, 1.807) is 6.92 Å². The van der Waals surface area contributed by atoms with Gasteiger partial charge in [-0.15, -0.1) is 0 Å². The molecule has 0 bridgehead atoms. The summed E-state index contributed by atoms with van der Waals surface area (Å²) in [5.74, 6) is -1.85. The summed E-state index contributed by atoms with van der Waals surface area (Å²) in [6.07, 6.45) is -5.96. The van der Waals surface area contributed by atoms with Crippen LogP contribution in [-0.2, 0) is 19.9 Å². The van der Waals surface area contributed by atoms with E-state index in [0.29, 0.717) is 0 Å². The number of halogens is 3. The lowest BCUT2D eigenvalue weighted by Gasteiger charge is -2.28. The molecule has 6 nitrogen and oxygen atoms in total. The van der Waals surface area contributed by atoms with Crippen molar-refractivity contribution < 1.29 is 37.3 Å². The van der Waals surface area contributed by atoms with Gasteiger partial charge in [0.15, 0.2) is 0 Å². The Morgan fingerprint density at radius 2 is 1.65 bits per heavy atom. The first kappa shape index (κ1) is 18.8. The smallest absolute Gasteiger partial charge is 0.432 e. The molecule has 0 heterocycles. The molecule has 1 rings (SSSR count). The number of alkyl halides is 3. The normalized spacial score (nSPS) is 13.9. The molecule has 1 aromatic rings. The van der Waals surface area contributed by atoms with Crippen molar-refractivity contribution in [2.24, 2.45) is 0 Å². The molecule has 1 amide bonds. The number of nitrogens with zero attached hydrogens (tertiary/aromatic N) is 1. The van der Waals surface area contributed by atoms with Gasteiger partial charge in [-0.05, 0) is 19.1 Å². The molecule has 0 aliphatic heterocycles. The number of hydrogen-bond acceptors (Lipinski definition) is 5. The van der Waals surface area contributed by atoms with Gasteiger partial charge >= 0.3 is 18.2 Å². The highest BCUT2D eigenvalue weighted by Gasteiger charge is 2.62. The fraction of sp³-hybridized carbons (Fsp3) is 0.429. The van der Waals surface area contributed by atoms with Crippen LogP contribution in [0.3, 0.4) is 0 Å². The van der Waals surface area contributed by atoms with Gasteiger partial charge in [-0.1, -0.05) is 12.1 Å². The predicted octanol–water partition coefficient (Wildman–Crippen LogP) is 2.20. The van der Waals surface area contributed by atoms with E-state index in [-0.39, 0.29) is 12.2 Å². The Labute approximate surface area is 130 Å². The van der Waals surface area contributed by atoms with Crippen molar-refractivity contribution in [3.8, 4) is 0 Å². The Morgan fingerprint density at radius 1 is 1.13 bits per heavy atom. The summed E-state index contributed by atoms with van der Waals surface area (Å²) in [7, 11) is 1.91. The largest absolute Gasteiger partial charge is 0.466 e. The summed E-state index contributed by atoms with van der Waals surface area (Å²) in [5.41, 5.74) is -4.26. The molecule has 23 heavy (non-hydrogen) atoms. The molecule has 0 aromatic heterocycles. The second-order valence-corrected chi connectivity index (χ2v) is 4.46. The summed E-state index contributed by atoms with van der Waals surface area (Å²) in [4.78, 5) is 24.1. The van der Waals surface area contributed by atoms with Crippen molar-refractivity contribution in [1.82, 2.24) is 0 Å². The van der Waals surface area contributed by atoms with Crippen LogP contribution in [0.1, 0.15) is 12.5 Å². The standard InChI is InChI=1S/C14H16F3NO5/c1-4-18(12(20)23-3)10-7-5-9(6-8-10)13(21,11(19)22-2)14(15,16)17/h5-8,21H,4H2,1-3H3/t13-/m0/s1. The van der Waals surface area contributed by atoms with E-state index in [1.165, 1.54) is 7.11 Å². The summed E-state index contributed by atoms with van der Waals surface area (Å²) in [5, 5.41) is 9.82. The number of methoxy groups -OCH3 is 2. The van der Waals surface area contributed by atoms with Crippen LogP contribution in [0.2, 0.25) is 0 Å². The van der Waals surface area contributed by atoms with Crippen LogP contribution in [-0.4, -0.2) is 44.1 Å². The van der Waals surface area contributed by atoms with E-state index in [2.05, 4.69) is 9.47 Å². The second kappa shape index (κ2) is 6.86. The van der Waals surface area contributed by atoms with E-state index in [4.69, 9.17) is 0 Å². The average molecular weight is 335 g/mol. The summed E-state index contributed by atoms with van der Waals surface area (Å²) >= 11 is 0. The SMILES string of the molecule is CCN(C(=O)OC)c1ccc([C@](O)(C(=O)OC)C(F)(F)F)cc1. The van der Waals surface area contributed by atoms with Crippen LogP contribution in [0.4, 0.5) is 23.7 Å². The van der Waals surface area contributed by atoms with E-state index in [0.717, 1.165) is 36.3 Å². The Balaban J connectivity index is 3.29. The van der Waals surface area contributed by atoms with Crippen LogP contribution < -0.4 is 4.90 Å². The van der Waals surface area contributed by atoms with Gasteiger partial charge in [-0.2, -0.15) is 13.2 Å². The van der Waals surface area contributed by atoms with E-state index >= 15 is 0 Å². The molecular formula is C14H16F3NO5. The number of carbonyl (C=O) groups is 2. The van der Waals surface area contributed by atoms with Crippen LogP contribution in [0.5, 0.6) is 0 Å². The Hall–Kier alpha value is -2.29. The zero-order chi connectivity index (χ0) is 17.8. The first-order valence-electron chi connectivity index (χ1n) is 6.47. The minimum atomic E-state index is -5.27. The highest BCUT2D eigenvalue weighted by molar-refractivity contribution is 5.88.